The molecular weight excluding hydrogens is 513 g/mol. The lowest BCUT2D eigenvalue weighted by Gasteiger charge is -2.24. The summed E-state index contributed by atoms with van der Waals surface area (Å²) in [5.74, 6) is 0.403. The number of rotatable bonds is 9. The Hall–Kier alpha value is -3.27. The quantitative estimate of drug-likeness (QED) is 0.317. The Kier molecular flexibility index (Phi) is 8.61. The summed E-state index contributed by atoms with van der Waals surface area (Å²) in [6.45, 7) is 1.28. The summed E-state index contributed by atoms with van der Waals surface area (Å²) in [7, 11) is -1.10. The fourth-order valence-corrected chi connectivity index (χ4v) is 5.02. The zero-order valence-electron chi connectivity index (χ0n) is 19.2. The molecule has 0 aromatic heterocycles. The number of halogens is 2. The third-order valence-corrected chi connectivity index (χ3v) is 7.09. The van der Waals surface area contributed by atoms with Crippen LogP contribution in [0.4, 0.5) is 5.69 Å². The molecule has 0 unspecified atom stereocenters. The molecule has 0 aliphatic rings. The number of carbonyl (C=O) groups excluding carboxylic acids is 1. The fourth-order valence-electron chi connectivity index (χ4n) is 3.10. The number of hydrogen-bond donors (Lipinski definition) is 1. The summed E-state index contributed by atoms with van der Waals surface area (Å²) >= 11 is 12.2. The van der Waals surface area contributed by atoms with Gasteiger partial charge >= 0.3 is 0 Å². The van der Waals surface area contributed by atoms with E-state index < -0.39 is 22.5 Å². The molecule has 0 aliphatic heterocycles. The van der Waals surface area contributed by atoms with Gasteiger partial charge in [-0.3, -0.25) is 9.10 Å². The van der Waals surface area contributed by atoms with E-state index in [1.54, 1.807) is 30.3 Å². The van der Waals surface area contributed by atoms with Crippen LogP contribution in [0.2, 0.25) is 10.0 Å². The number of methoxy groups -OCH3 is 2. The number of aryl methyl sites for hydroxylation is 1. The third kappa shape index (κ3) is 6.66. The topological polar surface area (TPSA) is 97.3 Å². The Morgan fingerprint density at radius 3 is 2.26 bits per heavy atom. The van der Waals surface area contributed by atoms with Crippen molar-refractivity contribution in [3.63, 3.8) is 0 Å². The Balaban J connectivity index is 1.87. The van der Waals surface area contributed by atoms with Crippen LogP contribution in [0, 0.1) is 6.92 Å². The summed E-state index contributed by atoms with van der Waals surface area (Å²) in [5.41, 5.74) is 3.96. The van der Waals surface area contributed by atoms with Gasteiger partial charge in [0.15, 0.2) is 0 Å². The first-order valence-electron chi connectivity index (χ1n) is 10.2. The number of ether oxygens (including phenoxy) is 2. The van der Waals surface area contributed by atoms with Crippen LogP contribution in [0.3, 0.4) is 0 Å². The first-order chi connectivity index (χ1) is 16.6. The molecule has 1 N–H and O–H groups in total. The molecular formula is C24H23Cl2N3O5S. The van der Waals surface area contributed by atoms with Crippen molar-refractivity contribution in [1.29, 1.82) is 0 Å². The zero-order chi connectivity index (χ0) is 25.6. The van der Waals surface area contributed by atoms with E-state index in [4.69, 9.17) is 32.7 Å². The summed E-state index contributed by atoms with van der Waals surface area (Å²) in [4.78, 5) is 12.7. The van der Waals surface area contributed by atoms with E-state index in [-0.39, 0.29) is 20.6 Å². The average molecular weight is 536 g/mol. The maximum atomic E-state index is 13.4. The smallest absolute Gasteiger partial charge is 0.264 e. The van der Waals surface area contributed by atoms with Crippen LogP contribution in [0.25, 0.3) is 0 Å². The van der Waals surface area contributed by atoms with Gasteiger partial charge in [-0.2, -0.15) is 5.10 Å². The molecule has 0 bridgehead atoms. The van der Waals surface area contributed by atoms with Crippen molar-refractivity contribution < 1.29 is 22.7 Å². The second-order valence-electron chi connectivity index (χ2n) is 7.35. The van der Waals surface area contributed by atoms with Crippen molar-refractivity contribution in [1.82, 2.24) is 5.43 Å². The zero-order valence-corrected chi connectivity index (χ0v) is 21.5. The van der Waals surface area contributed by atoms with Crippen LogP contribution in [-0.2, 0) is 14.8 Å². The predicted molar refractivity (Wildman–Crippen MR) is 137 cm³/mol. The molecule has 0 spiro atoms. The molecule has 0 saturated heterocycles. The van der Waals surface area contributed by atoms with E-state index in [0.29, 0.717) is 17.1 Å². The number of carbonyl (C=O) groups is 1. The Labute approximate surface area is 214 Å². The van der Waals surface area contributed by atoms with Gasteiger partial charge in [0.2, 0.25) is 0 Å². The molecule has 0 radical (unpaired) electrons. The van der Waals surface area contributed by atoms with E-state index in [9.17, 15) is 13.2 Å². The molecule has 3 aromatic rings. The molecule has 35 heavy (non-hydrogen) atoms. The number of benzene rings is 3. The summed E-state index contributed by atoms with van der Waals surface area (Å²) in [5, 5.41) is 4.38. The standard InChI is InChI=1S/C24H23Cl2N3O5S/c1-16-4-8-22(9-5-16)35(31,32)29(20-11-18(25)10-19(26)12-20)15-24(30)28-27-14-17-6-7-21(33-2)13-23(17)34-3/h4-14H,15H2,1-3H3,(H,28,30)/b27-14-. The Morgan fingerprint density at radius 2 is 1.66 bits per heavy atom. The lowest BCUT2D eigenvalue weighted by atomic mass is 10.2. The van der Waals surface area contributed by atoms with Crippen LogP contribution in [0.1, 0.15) is 11.1 Å². The molecule has 0 saturated carbocycles. The van der Waals surface area contributed by atoms with Crippen LogP contribution in [0.5, 0.6) is 11.5 Å². The SMILES string of the molecule is COc1ccc(/C=N\NC(=O)CN(c2cc(Cl)cc(Cl)c2)S(=O)(=O)c2ccc(C)cc2)c(OC)c1. The average Bonchev–Trinajstić information content (AvgIpc) is 2.82. The molecule has 184 valence electrons. The van der Waals surface area contributed by atoms with Crippen LogP contribution in [0.15, 0.2) is 70.7 Å². The van der Waals surface area contributed by atoms with Crippen LogP contribution in [-0.4, -0.2) is 41.3 Å². The highest BCUT2D eigenvalue weighted by Gasteiger charge is 2.27. The van der Waals surface area contributed by atoms with Gasteiger partial charge in [-0.05, 0) is 49.4 Å². The second-order valence-corrected chi connectivity index (χ2v) is 10.1. The lowest BCUT2D eigenvalue weighted by molar-refractivity contribution is -0.119. The van der Waals surface area contributed by atoms with Gasteiger partial charge in [0.25, 0.3) is 15.9 Å². The van der Waals surface area contributed by atoms with Gasteiger partial charge < -0.3 is 9.47 Å². The van der Waals surface area contributed by atoms with Crippen LogP contribution < -0.4 is 19.2 Å². The summed E-state index contributed by atoms with van der Waals surface area (Å²) in [6, 6.07) is 15.7. The molecule has 0 heterocycles. The van der Waals surface area contributed by atoms with Gasteiger partial charge in [0, 0.05) is 21.7 Å². The molecule has 0 aliphatic carbocycles. The number of nitrogens with zero attached hydrogens (tertiary/aromatic N) is 2. The number of anilines is 1. The minimum Gasteiger partial charge on any atom is -0.497 e. The first kappa shape index (κ1) is 26.3. The van der Waals surface area contributed by atoms with Gasteiger partial charge in [0.05, 0.1) is 31.0 Å². The van der Waals surface area contributed by atoms with Crippen molar-refractivity contribution in [2.24, 2.45) is 5.10 Å². The number of amides is 1. The molecule has 0 atom stereocenters. The number of hydrogen-bond acceptors (Lipinski definition) is 6. The monoisotopic (exact) mass is 535 g/mol. The van der Waals surface area contributed by atoms with Gasteiger partial charge in [-0.25, -0.2) is 13.8 Å². The minimum atomic E-state index is -4.13. The van der Waals surface area contributed by atoms with Crippen molar-refractivity contribution in [2.45, 2.75) is 11.8 Å². The van der Waals surface area contributed by atoms with E-state index in [0.717, 1.165) is 9.87 Å². The minimum absolute atomic E-state index is 0.0125. The van der Waals surface area contributed by atoms with Gasteiger partial charge in [-0.15, -0.1) is 0 Å². The Bertz CT molecular complexity index is 1330. The molecule has 3 rings (SSSR count). The van der Waals surface area contributed by atoms with E-state index in [1.807, 2.05) is 6.92 Å². The molecule has 1 amide bonds. The number of hydrazone groups is 1. The van der Waals surface area contributed by atoms with Crippen molar-refractivity contribution in [2.75, 3.05) is 25.1 Å². The van der Waals surface area contributed by atoms with Crippen LogP contribution >= 0.6 is 23.2 Å². The second kappa shape index (κ2) is 11.4. The highest BCUT2D eigenvalue weighted by Crippen LogP contribution is 2.30. The fraction of sp³-hybridized carbons (Fsp3) is 0.167. The molecule has 8 nitrogen and oxygen atoms in total. The Morgan fingerprint density at radius 1 is 1.00 bits per heavy atom. The highest BCUT2D eigenvalue weighted by atomic mass is 35.5. The lowest BCUT2D eigenvalue weighted by Crippen LogP contribution is -2.39. The number of sulfonamides is 1. The van der Waals surface area contributed by atoms with Crippen molar-refractivity contribution in [3.8, 4) is 11.5 Å². The summed E-state index contributed by atoms with van der Waals surface area (Å²) < 4.78 is 38.2. The van der Waals surface area contributed by atoms with E-state index >= 15 is 0 Å². The largest absolute Gasteiger partial charge is 0.497 e. The summed E-state index contributed by atoms with van der Waals surface area (Å²) in [6.07, 6.45) is 1.38. The molecule has 3 aromatic carbocycles. The van der Waals surface area contributed by atoms with Gasteiger partial charge in [-0.1, -0.05) is 40.9 Å². The van der Waals surface area contributed by atoms with E-state index in [1.165, 1.54) is 50.8 Å². The third-order valence-electron chi connectivity index (χ3n) is 4.87. The predicted octanol–water partition coefficient (Wildman–Crippen LogP) is 4.66. The van der Waals surface area contributed by atoms with Crippen molar-refractivity contribution >= 4 is 51.0 Å². The maximum Gasteiger partial charge on any atom is 0.264 e. The molecule has 0 fully saturated rings. The van der Waals surface area contributed by atoms with Crippen molar-refractivity contribution in [3.05, 3.63) is 81.8 Å². The maximum absolute atomic E-state index is 13.4. The highest BCUT2D eigenvalue weighted by molar-refractivity contribution is 7.92. The normalized spacial score (nSPS) is 11.3. The molecule has 11 heteroatoms. The number of nitrogens with one attached hydrogen (secondary N) is 1. The van der Waals surface area contributed by atoms with E-state index in [2.05, 4.69) is 10.5 Å². The van der Waals surface area contributed by atoms with Gasteiger partial charge in [0.1, 0.15) is 18.0 Å². The first-order valence-corrected chi connectivity index (χ1v) is 12.4.